The summed E-state index contributed by atoms with van der Waals surface area (Å²) in [5, 5.41) is 3.70. The number of anilines is 1. The average Bonchev–Trinajstić information content (AvgIpc) is 3.26. The molecule has 2 fully saturated rings. The van der Waals surface area contributed by atoms with E-state index < -0.39 is 17.3 Å². The van der Waals surface area contributed by atoms with E-state index in [0.29, 0.717) is 38.7 Å². The molecule has 0 radical (unpaired) electrons. The van der Waals surface area contributed by atoms with Gasteiger partial charge in [0.1, 0.15) is 17.8 Å². The molecule has 0 spiro atoms. The second-order valence-electron chi connectivity index (χ2n) is 10.2. The number of rotatable bonds is 9. The maximum atomic E-state index is 13.8. The van der Waals surface area contributed by atoms with Crippen LogP contribution in [0.4, 0.5) is 19.0 Å². The van der Waals surface area contributed by atoms with Gasteiger partial charge in [-0.15, -0.1) is 0 Å². The third-order valence-corrected chi connectivity index (χ3v) is 7.74. The van der Waals surface area contributed by atoms with Crippen molar-refractivity contribution in [3.63, 3.8) is 0 Å². The summed E-state index contributed by atoms with van der Waals surface area (Å²) in [4.78, 5) is 24.8. The Morgan fingerprint density at radius 2 is 1.94 bits per heavy atom. The molecule has 2 unspecified atom stereocenters. The van der Waals surface area contributed by atoms with Crippen LogP contribution in [0.1, 0.15) is 52.7 Å². The van der Waals surface area contributed by atoms with Crippen LogP contribution in [-0.2, 0) is 15.7 Å². The molecule has 1 aromatic rings. The largest absolute Gasteiger partial charge is 0.501 e. The van der Waals surface area contributed by atoms with Crippen molar-refractivity contribution < 1.29 is 22.7 Å². The number of hydrogen-bond donors (Lipinski definition) is 1. The van der Waals surface area contributed by atoms with Gasteiger partial charge in [0.15, 0.2) is 0 Å². The van der Waals surface area contributed by atoms with E-state index in [1.807, 2.05) is 4.90 Å². The van der Waals surface area contributed by atoms with Gasteiger partial charge in [-0.25, -0.2) is 9.97 Å². The minimum absolute atomic E-state index is 0.158. The van der Waals surface area contributed by atoms with Crippen molar-refractivity contribution in [3.8, 4) is 0 Å². The van der Waals surface area contributed by atoms with E-state index in [1.165, 1.54) is 6.26 Å². The smallest absolute Gasteiger partial charge is 0.433 e. The number of aromatic nitrogens is 2. The van der Waals surface area contributed by atoms with Crippen molar-refractivity contribution >= 4 is 11.7 Å². The van der Waals surface area contributed by atoms with Crippen LogP contribution in [-0.4, -0.2) is 65.6 Å². The maximum Gasteiger partial charge on any atom is 0.433 e. The van der Waals surface area contributed by atoms with E-state index in [4.69, 9.17) is 4.74 Å². The number of piperazine rings is 1. The fraction of sp³-hybridized carbons (Fsp3) is 0.720. The van der Waals surface area contributed by atoms with E-state index in [0.717, 1.165) is 31.7 Å². The lowest BCUT2D eigenvalue weighted by atomic mass is 9.74. The fourth-order valence-electron chi connectivity index (χ4n) is 5.21. The highest BCUT2D eigenvalue weighted by atomic mass is 19.4. The highest BCUT2D eigenvalue weighted by Gasteiger charge is 2.49. The number of halogens is 3. The molecule has 1 aliphatic carbocycles. The summed E-state index contributed by atoms with van der Waals surface area (Å²) in [6, 6.07) is 1.48. The van der Waals surface area contributed by atoms with Crippen LogP contribution in [0.15, 0.2) is 25.2 Å². The quantitative estimate of drug-likeness (QED) is 0.518. The van der Waals surface area contributed by atoms with Gasteiger partial charge in [0.2, 0.25) is 5.91 Å². The molecule has 0 bridgehead atoms. The molecule has 1 aromatic heterocycles. The van der Waals surface area contributed by atoms with Crippen LogP contribution in [0.5, 0.6) is 0 Å². The van der Waals surface area contributed by atoms with E-state index in [9.17, 15) is 18.0 Å². The number of nitrogens with zero attached hydrogens (tertiary/aromatic N) is 4. The Kier molecular flexibility index (Phi) is 8.67. The number of amides is 1. The van der Waals surface area contributed by atoms with E-state index in [2.05, 4.69) is 49.6 Å². The van der Waals surface area contributed by atoms with E-state index in [-0.39, 0.29) is 29.7 Å². The number of hydrogen-bond acceptors (Lipinski definition) is 6. The lowest BCUT2D eigenvalue weighted by molar-refractivity contribution is -0.145. The molecule has 3 rings (SSSR count). The molecule has 4 atom stereocenters. The van der Waals surface area contributed by atoms with Crippen LogP contribution < -0.4 is 10.2 Å². The molecule has 1 saturated heterocycles. The second-order valence-corrected chi connectivity index (χ2v) is 10.2. The molecule has 10 heteroatoms. The Hall–Kier alpha value is -2.36. The minimum Gasteiger partial charge on any atom is -0.501 e. The first kappa shape index (κ1) is 27.2. The maximum absolute atomic E-state index is 13.8. The average molecular weight is 498 g/mol. The van der Waals surface area contributed by atoms with Gasteiger partial charge in [-0.2, -0.15) is 13.2 Å². The van der Waals surface area contributed by atoms with Crippen molar-refractivity contribution in [3.05, 3.63) is 30.9 Å². The fourth-order valence-corrected chi connectivity index (χ4v) is 5.21. The van der Waals surface area contributed by atoms with Crippen LogP contribution in [0.3, 0.4) is 0 Å². The third kappa shape index (κ3) is 6.26. The SMILES string of the molecule is C=COCC(C)C(C)N[C@@H]1CC[C@@](C(=O)N2CCN(c3cc(C(F)(F)F)ncn3)CC2)(C(C)C)C1. The summed E-state index contributed by atoms with van der Waals surface area (Å²) >= 11 is 0. The molecule has 196 valence electrons. The molecule has 1 saturated carbocycles. The highest BCUT2D eigenvalue weighted by molar-refractivity contribution is 5.83. The molecule has 1 amide bonds. The normalized spacial score (nSPS) is 25.0. The van der Waals surface area contributed by atoms with Crippen molar-refractivity contribution in [2.75, 3.05) is 37.7 Å². The van der Waals surface area contributed by atoms with Crippen LogP contribution in [0.2, 0.25) is 0 Å². The molecule has 1 N–H and O–H groups in total. The first-order chi connectivity index (χ1) is 16.5. The van der Waals surface area contributed by atoms with Gasteiger partial charge in [0.05, 0.1) is 18.3 Å². The van der Waals surface area contributed by atoms with Crippen molar-refractivity contribution in [2.24, 2.45) is 17.3 Å². The number of carbonyl (C=O) groups is 1. The zero-order valence-electron chi connectivity index (χ0n) is 21.1. The highest BCUT2D eigenvalue weighted by Crippen LogP contribution is 2.46. The molecule has 7 nitrogen and oxygen atoms in total. The summed E-state index contributed by atoms with van der Waals surface area (Å²) < 4.78 is 44.4. The lowest BCUT2D eigenvalue weighted by Crippen LogP contribution is -2.54. The summed E-state index contributed by atoms with van der Waals surface area (Å²) in [6.45, 7) is 14.5. The Morgan fingerprint density at radius 3 is 2.54 bits per heavy atom. The minimum atomic E-state index is -4.51. The summed E-state index contributed by atoms with van der Waals surface area (Å²) in [7, 11) is 0. The zero-order chi connectivity index (χ0) is 25.8. The van der Waals surface area contributed by atoms with Gasteiger partial charge in [0.25, 0.3) is 0 Å². The molecular formula is C25H38F3N5O2. The monoisotopic (exact) mass is 497 g/mol. The number of nitrogens with one attached hydrogen (secondary N) is 1. The first-order valence-corrected chi connectivity index (χ1v) is 12.4. The standard InChI is InChI=1S/C25H38F3N5O2/c1-6-35-15-18(4)19(5)31-20-7-8-24(14-20,17(2)3)23(34)33-11-9-32(10-12-33)22-13-21(25(26,27)28)29-16-30-22/h6,13,16-20,31H,1,7-12,14-15H2,2-5H3/t18?,19?,20-,24+/m1/s1. The van der Waals surface area contributed by atoms with Crippen molar-refractivity contribution in [2.45, 2.75) is 65.2 Å². The van der Waals surface area contributed by atoms with E-state index in [1.54, 1.807) is 4.90 Å². The number of ether oxygens (including phenoxy) is 1. The molecule has 2 aliphatic rings. The van der Waals surface area contributed by atoms with Gasteiger partial charge in [-0.1, -0.05) is 27.4 Å². The van der Waals surface area contributed by atoms with Crippen LogP contribution in [0.25, 0.3) is 0 Å². The second kappa shape index (κ2) is 11.1. The Balaban J connectivity index is 1.61. The van der Waals surface area contributed by atoms with Gasteiger partial charge < -0.3 is 19.9 Å². The van der Waals surface area contributed by atoms with Gasteiger partial charge in [-0.3, -0.25) is 4.79 Å². The lowest BCUT2D eigenvalue weighted by Gasteiger charge is -2.42. The van der Waals surface area contributed by atoms with Crippen molar-refractivity contribution in [1.82, 2.24) is 20.2 Å². The summed E-state index contributed by atoms with van der Waals surface area (Å²) in [6.07, 6.45) is 0.433. The predicted octanol–water partition coefficient (Wildman–Crippen LogP) is 4.11. The van der Waals surface area contributed by atoms with E-state index >= 15 is 0 Å². The van der Waals surface area contributed by atoms with Crippen LogP contribution in [0, 0.1) is 17.3 Å². The molecule has 35 heavy (non-hydrogen) atoms. The first-order valence-electron chi connectivity index (χ1n) is 12.4. The Morgan fingerprint density at radius 1 is 1.26 bits per heavy atom. The van der Waals surface area contributed by atoms with Crippen LogP contribution >= 0.6 is 0 Å². The van der Waals surface area contributed by atoms with Gasteiger partial charge in [-0.05, 0) is 32.1 Å². The molecule has 2 heterocycles. The Labute approximate surface area is 206 Å². The van der Waals surface area contributed by atoms with Gasteiger partial charge in [0, 0.05) is 50.2 Å². The summed E-state index contributed by atoms with van der Waals surface area (Å²) in [5.41, 5.74) is -1.39. The third-order valence-electron chi connectivity index (χ3n) is 7.74. The molecular weight excluding hydrogens is 459 g/mol. The van der Waals surface area contributed by atoms with Gasteiger partial charge >= 0.3 is 6.18 Å². The molecule has 1 aliphatic heterocycles. The van der Waals surface area contributed by atoms with Crippen molar-refractivity contribution in [1.29, 1.82) is 0 Å². The number of carbonyl (C=O) groups excluding carboxylic acids is 1. The Bertz CT molecular complexity index is 873. The predicted molar refractivity (Wildman–Crippen MR) is 129 cm³/mol. The molecule has 0 aromatic carbocycles. The topological polar surface area (TPSA) is 70.6 Å². The zero-order valence-corrected chi connectivity index (χ0v) is 21.1. The summed E-state index contributed by atoms with van der Waals surface area (Å²) in [5.74, 6) is 0.899. The number of alkyl halides is 3.